The molecule has 1 aliphatic heterocycles. The highest BCUT2D eigenvalue weighted by atomic mass is 15.1. The van der Waals surface area contributed by atoms with Crippen molar-refractivity contribution in [1.82, 2.24) is 4.90 Å². The molecular formula is C6H10N. The second kappa shape index (κ2) is 2.12. The van der Waals surface area contributed by atoms with E-state index < -0.39 is 0 Å². The van der Waals surface area contributed by atoms with Gasteiger partial charge in [0.1, 0.15) is 0 Å². The van der Waals surface area contributed by atoms with Crippen molar-refractivity contribution in [3.63, 3.8) is 0 Å². The Morgan fingerprint density at radius 2 is 2.00 bits per heavy atom. The molecule has 0 saturated heterocycles. The Morgan fingerprint density at radius 1 is 1.43 bits per heavy atom. The molecule has 0 aromatic heterocycles. The number of rotatable bonds is 1. The summed E-state index contributed by atoms with van der Waals surface area (Å²) in [5, 5.41) is 0. The van der Waals surface area contributed by atoms with E-state index in [4.69, 9.17) is 0 Å². The van der Waals surface area contributed by atoms with E-state index >= 15 is 0 Å². The largest absolute Gasteiger partial charge is 0.292 e. The van der Waals surface area contributed by atoms with Crippen molar-refractivity contribution in [3.05, 3.63) is 18.7 Å². The Bertz CT molecular complexity index is 68.2. The number of hydrogen-bond donors (Lipinski definition) is 0. The molecule has 0 saturated carbocycles. The van der Waals surface area contributed by atoms with E-state index in [0.717, 1.165) is 13.1 Å². The van der Waals surface area contributed by atoms with Gasteiger partial charge in [-0.15, -0.1) is 0 Å². The first-order chi connectivity index (χ1) is 3.43. The first-order valence-electron chi connectivity index (χ1n) is 2.62. The molecule has 0 unspecified atom stereocenters. The van der Waals surface area contributed by atoms with Gasteiger partial charge in [-0.25, -0.2) is 0 Å². The summed E-state index contributed by atoms with van der Waals surface area (Å²) in [6, 6.07) is 0. The number of nitrogens with zero attached hydrogens (tertiary/aromatic N) is 1. The van der Waals surface area contributed by atoms with Crippen LogP contribution in [0.1, 0.15) is 6.92 Å². The second-order valence-corrected chi connectivity index (χ2v) is 1.68. The summed E-state index contributed by atoms with van der Waals surface area (Å²) in [5.74, 6) is 0. The van der Waals surface area contributed by atoms with Crippen molar-refractivity contribution in [2.75, 3.05) is 13.1 Å². The fraction of sp³-hybridized carbons (Fsp3) is 0.500. The van der Waals surface area contributed by atoms with E-state index in [1.807, 2.05) is 0 Å². The predicted octanol–water partition coefficient (Wildman–Crippen LogP) is 1.04. The van der Waals surface area contributed by atoms with Crippen LogP contribution in [0.2, 0.25) is 0 Å². The molecule has 0 atom stereocenters. The minimum Gasteiger partial charge on any atom is -0.292 e. The van der Waals surface area contributed by atoms with Crippen molar-refractivity contribution in [3.8, 4) is 0 Å². The summed E-state index contributed by atoms with van der Waals surface area (Å²) in [4.78, 5) is 2.25. The lowest BCUT2D eigenvalue weighted by Crippen LogP contribution is -2.13. The average molecular weight is 96.2 g/mol. The quantitative estimate of drug-likeness (QED) is 0.441. The molecule has 0 aromatic carbocycles. The first-order valence-corrected chi connectivity index (χ1v) is 2.62. The van der Waals surface area contributed by atoms with Gasteiger partial charge >= 0.3 is 0 Å². The molecule has 1 radical (unpaired) electrons. The molecule has 1 heteroatoms. The fourth-order valence-corrected chi connectivity index (χ4v) is 0.705. The zero-order valence-electron chi connectivity index (χ0n) is 4.59. The van der Waals surface area contributed by atoms with Gasteiger partial charge in [-0.2, -0.15) is 0 Å². The van der Waals surface area contributed by atoms with E-state index in [9.17, 15) is 0 Å². The van der Waals surface area contributed by atoms with E-state index in [2.05, 4.69) is 30.5 Å². The molecule has 1 rings (SSSR count). The van der Waals surface area contributed by atoms with Crippen LogP contribution in [0.15, 0.2) is 12.2 Å². The van der Waals surface area contributed by atoms with Crippen molar-refractivity contribution >= 4 is 0 Å². The van der Waals surface area contributed by atoms with E-state index in [-0.39, 0.29) is 0 Å². The Kier molecular flexibility index (Phi) is 1.47. The predicted molar refractivity (Wildman–Crippen MR) is 30.7 cm³/mol. The highest BCUT2D eigenvalue weighted by Gasteiger charge is 2.00. The third-order valence-corrected chi connectivity index (χ3v) is 1.21. The molecule has 1 aliphatic rings. The lowest BCUT2D eigenvalue weighted by Gasteiger charge is -2.07. The molecule has 0 aromatic rings. The van der Waals surface area contributed by atoms with Crippen LogP contribution in [-0.4, -0.2) is 18.0 Å². The van der Waals surface area contributed by atoms with Gasteiger partial charge < -0.3 is 0 Å². The van der Waals surface area contributed by atoms with Gasteiger partial charge in [-0.1, -0.05) is 12.2 Å². The van der Waals surface area contributed by atoms with Crippen LogP contribution >= 0.6 is 0 Å². The Labute approximate surface area is 44.6 Å². The van der Waals surface area contributed by atoms with Gasteiger partial charge in [-0.05, 0) is 6.92 Å². The van der Waals surface area contributed by atoms with Gasteiger partial charge in [0.2, 0.25) is 0 Å². The van der Waals surface area contributed by atoms with Gasteiger partial charge in [0, 0.05) is 19.6 Å². The molecule has 39 valence electrons. The SMILES string of the molecule is C[CH]N1CC=CC1. The van der Waals surface area contributed by atoms with Crippen LogP contribution in [0.3, 0.4) is 0 Å². The topological polar surface area (TPSA) is 3.24 Å². The minimum atomic E-state index is 1.11. The van der Waals surface area contributed by atoms with Crippen molar-refractivity contribution in [1.29, 1.82) is 0 Å². The molecule has 0 amide bonds. The zero-order chi connectivity index (χ0) is 5.11. The van der Waals surface area contributed by atoms with Gasteiger partial charge in [0.25, 0.3) is 0 Å². The lowest BCUT2D eigenvalue weighted by molar-refractivity contribution is 0.436. The van der Waals surface area contributed by atoms with E-state index in [0.29, 0.717) is 0 Å². The van der Waals surface area contributed by atoms with Crippen molar-refractivity contribution in [2.24, 2.45) is 0 Å². The van der Waals surface area contributed by atoms with Gasteiger partial charge in [-0.3, -0.25) is 4.90 Å². The summed E-state index contributed by atoms with van der Waals surface area (Å²) < 4.78 is 0. The Morgan fingerprint density at radius 3 is 2.29 bits per heavy atom. The summed E-state index contributed by atoms with van der Waals surface area (Å²) >= 11 is 0. The maximum Gasteiger partial charge on any atom is 0.0227 e. The summed E-state index contributed by atoms with van der Waals surface area (Å²) in [6.45, 7) is 6.39. The molecule has 0 N–H and O–H groups in total. The zero-order valence-corrected chi connectivity index (χ0v) is 4.59. The molecule has 7 heavy (non-hydrogen) atoms. The summed E-state index contributed by atoms with van der Waals surface area (Å²) in [6.07, 6.45) is 4.36. The van der Waals surface area contributed by atoms with E-state index in [1.165, 1.54) is 0 Å². The smallest absolute Gasteiger partial charge is 0.0227 e. The average Bonchev–Trinajstić information content (AvgIpc) is 2.14. The van der Waals surface area contributed by atoms with Crippen LogP contribution in [0, 0.1) is 6.54 Å². The molecular weight excluding hydrogens is 86.1 g/mol. The molecule has 0 aliphatic carbocycles. The monoisotopic (exact) mass is 96.1 g/mol. The molecule has 0 spiro atoms. The summed E-state index contributed by atoms with van der Waals surface area (Å²) in [7, 11) is 0. The van der Waals surface area contributed by atoms with Crippen LogP contribution < -0.4 is 0 Å². The third-order valence-electron chi connectivity index (χ3n) is 1.21. The maximum atomic E-state index is 2.25. The van der Waals surface area contributed by atoms with Crippen molar-refractivity contribution in [2.45, 2.75) is 6.92 Å². The van der Waals surface area contributed by atoms with Gasteiger partial charge in [0.05, 0.1) is 0 Å². The van der Waals surface area contributed by atoms with Crippen LogP contribution in [-0.2, 0) is 0 Å². The second-order valence-electron chi connectivity index (χ2n) is 1.68. The van der Waals surface area contributed by atoms with Crippen molar-refractivity contribution < 1.29 is 0 Å². The fourth-order valence-electron chi connectivity index (χ4n) is 0.705. The first kappa shape index (κ1) is 4.85. The van der Waals surface area contributed by atoms with Gasteiger partial charge in [0.15, 0.2) is 0 Å². The highest BCUT2D eigenvalue weighted by molar-refractivity contribution is 4.96. The molecule has 1 nitrogen and oxygen atoms in total. The Balaban J connectivity index is 2.22. The molecule has 1 heterocycles. The van der Waals surface area contributed by atoms with E-state index in [1.54, 1.807) is 0 Å². The highest BCUT2D eigenvalue weighted by Crippen LogP contribution is 1.98. The lowest BCUT2D eigenvalue weighted by atomic mass is 10.6. The maximum absolute atomic E-state index is 2.25. The normalized spacial score (nSPS) is 21.3. The molecule has 0 bridgehead atoms. The molecule has 0 fully saturated rings. The minimum absolute atomic E-state index is 1.11. The van der Waals surface area contributed by atoms with Crippen LogP contribution in [0.4, 0.5) is 0 Å². The van der Waals surface area contributed by atoms with Crippen LogP contribution in [0.5, 0.6) is 0 Å². The third kappa shape index (κ3) is 1.03. The number of hydrogen-bond acceptors (Lipinski definition) is 1. The standard InChI is InChI=1S/C6H10N/c1-2-7-5-3-4-6-7/h2-4H,5-6H2,1H3. The summed E-state index contributed by atoms with van der Waals surface area (Å²) in [5.41, 5.74) is 0. The Hall–Kier alpha value is -0.300. The van der Waals surface area contributed by atoms with Crippen LogP contribution in [0.25, 0.3) is 0 Å².